The van der Waals surface area contributed by atoms with Crippen molar-refractivity contribution < 1.29 is 41.4 Å². The predicted molar refractivity (Wildman–Crippen MR) is 107 cm³/mol. The molecule has 5 nitrogen and oxygen atoms in total. The first kappa shape index (κ1) is 23.4. The van der Waals surface area contributed by atoms with Crippen molar-refractivity contribution in [3.63, 3.8) is 0 Å². The molecule has 2 bridgehead atoms. The molecule has 1 aromatic heterocycles. The van der Waals surface area contributed by atoms with Gasteiger partial charge < -0.3 is 15.5 Å². The Labute approximate surface area is 187 Å². The molecule has 1 fully saturated rings. The van der Waals surface area contributed by atoms with Crippen molar-refractivity contribution in [2.75, 3.05) is 5.32 Å². The van der Waals surface area contributed by atoms with Crippen LogP contribution in [0.2, 0.25) is 0 Å². The van der Waals surface area contributed by atoms with Gasteiger partial charge in [-0.15, -0.1) is 0 Å². The van der Waals surface area contributed by atoms with E-state index in [1.807, 2.05) is 0 Å². The molecule has 1 heterocycles. The van der Waals surface area contributed by atoms with Gasteiger partial charge in [0.05, 0.1) is 21.6 Å². The lowest BCUT2D eigenvalue weighted by Crippen LogP contribution is -2.23. The molecule has 3 unspecified atom stereocenters. The van der Waals surface area contributed by atoms with Crippen LogP contribution in [0, 0.1) is 11.8 Å². The standard InChI is InChI=1S/C21H18F6N2O3S/c22-20(23,24)11-7-13(18(31)32)12(14(8-11)21(25,26)27)3-4-16-17(30)29-19(33-16)28-15-6-9-1-2-10(15)5-9/h1-2,7-10,15,30H,3-6H2,(H,28,29)(H,31,32). The van der Waals surface area contributed by atoms with Crippen LogP contribution < -0.4 is 5.32 Å². The van der Waals surface area contributed by atoms with Crippen LogP contribution in [0.1, 0.15) is 44.8 Å². The molecule has 0 amide bonds. The number of hydrogen-bond acceptors (Lipinski definition) is 5. The van der Waals surface area contributed by atoms with Gasteiger partial charge in [-0.25, -0.2) is 4.79 Å². The van der Waals surface area contributed by atoms with Crippen LogP contribution in [0.5, 0.6) is 5.88 Å². The number of anilines is 1. The fourth-order valence-electron chi connectivity index (χ4n) is 4.46. The maximum atomic E-state index is 13.5. The van der Waals surface area contributed by atoms with Gasteiger partial charge in [0.2, 0.25) is 5.88 Å². The average molecular weight is 492 g/mol. The van der Waals surface area contributed by atoms with Crippen LogP contribution in [0.4, 0.5) is 31.5 Å². The molecule has 1 saturated carbocycles. The zero-order chi connectivity index (χ0) is 24.1. The normalized spacial score (nSPS) is 22.2. The number of thiazole rings is 1. The van der Waals surface area contributed by atoms with Crippen molar-refractivity contribution in [1.82, 2.24) is 4.98 Å². The zero-order valence-corrected chi connectivity index (χ0v) is 17.6. The number of halogens is 6. The first-order valence-electron chi connectivity index (χ1n) is 10.0. The minimum atomic E-state index is -5.20. The lowest BCUT2D eigenvalue weighted by molar-refractivity contribution is -0.143. The lowest BCUT2D eigenvalue weighted by Gasteiger charge is -2.19. The number of alkyl halides is 6. The van der Waals surface area contributed by atoms with Crippen molar-refractivity contribution >= 4 is 22.4 Å². The molecule has 1 aromatic carbocycles. The second-order valence-corrected chi connectivity index (χ2v) is 9.23. The third-order valence-electron chi connectivity index (χ3n) is 5.98. The van der Waals surface area contributed by atoms with E-state index in [1.54, 1.807) is 0 Å². The highest BCUT2D eigenvalue weighted by molar-refractivity contribution is 7.15. The molecule has 3 N–H and O–H groups in total. The summed E-state index contributed by atoms with van der Waals surface area (Å²) < 4.78 is 79.8. The highest BCUT2D eigenvalue weighted by Gasteiger charge is 2.40. The fourth-order valence-corrected chi connectivity index (χ4v) is 5.38. The summed E-state index contributed by atoms with van der Waals surface area (Å²) in [7, 11) is 0. The van der Waals surface area contributed by atoms with Crippen LogP contribution in [-0.2, 0) is 25.2 Å². The molecule has 12 heteroatoms. The number of nitrogens with zero attached hydrogens (tertiary/aromatic N) is 1. The Morgan fingerprint density at radius 1 is 1.09 bits per heavy atom. The van der Waals surface area contributed by atoms with Crippen LogP contribution in [0.3, 0.4) is 0 Å². The van der Waals surface area contributed by atoms with Gasteiger partial charge in [0, 0.05) is 6.04 Å². The van der Waals surface area contributed by atoms with Crippen LogP contribution in [0.15, 0.2) is 24.3 Å². The Kier molecular flexibility index (Phi) is 5.83. The Hall–Kier alpha value is -2.76. The molecular formula is C21H18F6N2O3S. The smallest absolute Gasteiger partial charge is 0.416 e. The SMILES string of the molecule is O=C(O)c1cc(C(F)(F)F)cc(C(F)(F)F)c1CCc1sc(NC2CC3C=CC2C3)nc1O. The highest BCUT2D eigenvalue weighted by atomic mass is 32.1. The first-order valence-corrected chi connectivity index (χ1v) is 10.8. The second kappa shape index (κ2) is 8.23. The summed E-state index contributed by atoms with van der Waals surface area (Å²) in [6.45, 7) is 0. The van der Waals surface area contributed by atoms with E-state index >= 15 is 0 Å². The number of aryl methyl sites for hydroxylation is 1. The average Bonchev–Trinajstić information content (AvgIpc) is 3.40. The summed E-state index contributed by atoms with van der Waals surface area (Å²) in [5.41, 5.74) is -5.20. The van der Waals surface area contributed by atoms with Gasteiger partial charge in [-0.2, -0.15) is 31.3 Å². The number of nitrogens with one attached hydrogen (secondary N) is 1. The summed E-state index contributed by atoms with van der Waals surface area (Å²) in [4.78, 5) is 15.7. The van der Waals surface area contributed by atoms with E-state index in [2.05, 4.69) is 22.5 Å². The van der Waals surface area contributed by atoms with Crippen molar-refractivity contribution in [3.8, 4) is 5.88 Å². The van der Waals surface area contributed by atoms with Gasteiger partial charge in [0.25, 0.3) is 0 Å². The number of hydrogen-bond donors (Lipinski definition) is 3. The lowest BCUT2D eigenvalue weighted by atomic mass is 9.93. The summed E-state index contributed by atoms with van der Waals surface area (Å²) in [6, 6.07) is 0.252. The van der Waals surface area contributed by atoms with Crippen molar-refractivity contribution in [2.45, 2.75) is 44.1 Å². The summed E-state index contributed by atoms with van der Waals surface area (Å²) in [5.74, 6) is -1.49. The zero-order valence-electron chi connectivity index (χ0n) is 16.8. The molecule has 0 aliphatic heterocycles. The molecule has 178 valence electrons. The quantitative estimate of drug-likeness (QED) is 0.354. The largest absolute Gasteiger partial charge is 0.492 e. The summed E-state index contributed by atoms with van der Waals surface area (Å²) >= 11 is 1.02. The van der Waals surface area contributed by atoms with Crippen LogP contribution in [-0.4, -0.2) is 27.2 Å². The van der Waals surface area contributed by atoms with Crippen molar-refractivity contribution in [3.05, 3.63) is 51.4 Å². The van der Waals surface area contributed by atoms with Crippen LogP contribution >= 0.6 is 11.3 Å². The molecular weight excluding hydrogens is 474 g/mol. The number of rotatable bonds is 6. The molecule has 0 spiro atoms. The third-order valence-corrected chi connectivity index (χ3v) is 7.02. The topological polar surface area (TPSA) is 82.5 Å². The number of aromatic nitrogens is 1. The number of fused-ring (bicyclic) bond motifs is 2. The second-order valence-electron chi connectivity index (χ2n) is 8.15. The Morgan fingerprint density at radius 2 is 1.82 bits per heavy atom. The maximum Gasteiger partial charge on any atom is 0.416 e. The summed E-state index contributed by atoms with van der Waals surface area (Å²) in [6.07, 6.45) is -4.93. The molecule has 0 saturated heterocycles. The van der Waals surface area contributed by atoms with Gasteiger partial charge in [-0.05, 0) is 55.2 Å². The Morgan fingerprint density at radius 3 is 2.36 bits per heavy atom. The van der Waals surface area contributed by atoms with E-state index in [-0.39, 0.29) is 29.5 Å². The van der Waals surface area contributed by atoms with Gasteiger partial charge in [-0.1, -0.05) is 23.5 Å². The van der Waals surface area contributed by atoms with Gasteiger partial charge in [0.1, 0.15) is 0 Å². The molecule has 2 aliphatic rings. The fraction of sp³-hybridized carbons (Fsp3) is 0.429. The minimum absolute atomic E-state index is 0.0794. The Bertz CT molecular complexity index is 1110. The number of carbonyl (C=O) groups is 1. The Balaban J connectivity index is 1.59. The van der Waals surface area contributed by atoms with E-state index in [0.29, 0.717) is 17.0 Å². The van der Waals surface area contributed by atoms with E-state index in [4.69, 9.17) is 0 Å². The van der Waals surface area contributed by atoms with E-state index < -0.39 is 52.9 Å². The number of benzene rings is 1. The first-order chi connectivity index (χ1) is 15.3. The minimum Gasteiger partial charge on any atom is -0.492 e. The number of aromatic hydroxyl groups is 1. The van der Waals surface area contributed by atoms with Crippen molar-refractivity contribution in [2.24, 2.45) is 11.8 Å². The molecule has 3 atom stereocenters. The van der Waals surface area contributed by atoms with E-state index in [0.717, 1.165) is 24.2 Å². The number of allylic oxidation sites excluding steroid dienone is 1. The number of carboxylic acids is 1. The van der Waals surface area contributed by atoms with E-state index in [1.165, 1.54) is 0 Å². The highest BCUT2D eigenvalue weighted by Crippen LogP contribution is 2.42. The third kappa shape index (κ3) is 4.80. The molecule has 2 aliphatic carbocycles. The van der Waals surface area contributed by atoms with Gasteiger partial charge in [-0.3, -0.25) is 0 Å². The molecule has 4 rings (SSSR count). The molecule has 33 heavy (non-hydrogen) atoms. The van der Waals surface area contributed by atoms with Gasteiger partial charge >= 0.3 is 18.3 Å². The predicted octanol–water partition coefficient (Wildman–Crippen LogP) is 5.75. The van der Waals surface area contributed by atoms with E-state index in [9.17, 15) is 41.4 Å². The summed E-state index contributed by atoms with van der Waals surface area (Å²) in [5, 5.41) is 23.0. The monoisotopic (exact) mass is 492 g/mol. The number of carboxylic acid groups (broad SMARTS) is 1. The molecule has 2 aromatic rings. The van der Waals surface area contributed by atoms with Crippen LogP contribution in [0.25, 0.3) is 0 Å². The molecule has 0 radical (unpaired) electrons. The van der Waals surface area contributed by atoms with Gasteiger partial charge in [0.15, 0.2) is 5.13 Å². The van der Waals surface area contributed by atoms with Crippen molar-refractivity contribution in [1.29, 1.82) is 0 Å². The number of aromatic carboxylic acids is 1. The maximum absolute atomic E-state index is 13.5.